The third kappa shape index (κ3) is 15.9. The number of hydrogen-bond acceptors (Lipinski definition) is 43. The highest BCUT2D eigenvalue weighted by Crippen LogP contribution is 2.47. The molecule has 2 fully saturated rings. The fourth-order valence-electron chi connectivity index (χ4n) is 10.8. The molecule has 0 aromatic heterocycles. The second-order valence-electron chi connectivity index (χ2n) is 23.6. The molecule has 0 saturated carbocycles. The average Bonchev–Trinajstić information content (AvgIpc) is 0.756. The number of esters is 7. The number of phenols is 24. The molecule has 111 heavy (non-hydrogen) atoms. The quantitative estimate of drug-likeness (QED) is 0.0224. The molecule has 0 amide bonds. The first-order valence-electron chi connectivity index (χ1n) is 30.8. The van der Waals surface area contributed by atoms with Crippen LogP contribution >= 0.6 is 0 Å². The van der Waals surface area contributed by atoms with E-state index in [1.807, 2.05) is 0 Å². The minimum atomic E-state index is -3.14. The van der Waals surface area contributed by atoms with Gasteiger partial charge in [0.15, 0.2) is 175 Å². The van der Waals surface area contributed by atoms with Crippen LogP contribution in [-0.4, -0.2) is 250 Å². The highest BCUT2D eigenvalue weighted by Gasteiger charge is 2.58. The number of ketones is 1. The molecule has 2 saturated heterocycles. The zero-order chi connectivity index (χ0) is 81.5. The maximum atomic E-state index is 15.1. The van der Waals surface area contributed by atoms with E-state index >= 15 is 4.79 Å². The summed E-state index contributed by atoms with van der Waals surface area (Å²) in [5, 5.41) is 263. The number of rotatable bonds is 20. The molecule has 43 nitrogen and oxygen atoms in total. The van der Waals surface area contributed by atoms with Crippen molar-refractivity contribution in [3.63, 3.8) is 0 Å². The normalized spacial score (nSPS) is 19.3. The zero-order valence-corrected chi connectivity index (χ0v) is 54.9. The molecule has 0 radical (unpaired) electrons. The summed E-state index contributed by atoms with van der Waals surface area (Å²) in [5.74, 6) is -45.9. The second kappa shape index (κ2) is 30.7. The number of ether oxygens (including phenoxy) is 10. The fraction of sp³-hybridized carbons (Fsp3) is 0.176. The van der Waals surface area contributed by atoms with Crippen LogP contribution in [0.25, 0.3) is 0 Å². The first-order chi connectivity index (χ1) is 52.1. The Kier molecular flexibility index (Phi) is 21.7. The van der Waals surface area contributed by atoms with Crippen LogP contribution in [0.2, 0.25) is 0 Å². The molecule has 8 aromatic rings. The number of hydrogen-bond donors (Lipinski definition) is 25. The van der Waals surface area contributed by atoms with Crippen molar-refractivity contribution in [1.82, 2.24) is 0 Å². The van der Waals surface area contributed by atoms with E-state index in [2.05, 4.69) is 0 Å². The van der Waals surface area contributed by atoms with E-state index in [1.165, 1.54) is 0 Å². The molecular formula is C68H54O43. The highest BCUT2D eigenvalue weighted by atomic mass is 16.8. The Labute approximate surface area is 612 Å². The van der Waals surface area contributed by atoms with Gasteiger partial charge in [0, 0.05) is 5.56 Å². The summed E-state index contributed by atoms with van der Waals surface area (Å²) in [4.78, 5) is 116. The van der Waals surface area contributed by atoms with Crippen molar-refractivity contribution in [2.45, 2.75) is 61.4 Å². The van der Waals surface area contributed by atoms with Gasteiger partial charge >= 0.3 is 41.8 Å². The lowest BCUT2D eigenvalue weighted by atomic mass is 9.95. The fourth-order valence-corrected chi connectivity index (χ4v) is 10.8. The molecule has 2 heterocycles. The minimum absolute atomic E-state index is 0.177. The smallest absolute Gasteiger partial charge is 0.339 e. The number of phenolic OH excluding ortho intramolecular Hbond substituents is 24. The first-order valence-corrected chi connectivity index (χ1v) is 30.8. The Hall–Kier alpha value is -15.2. The topological polar surface area (TPSA) is 735 Å². The van der Waals surface area contributed by atoms with Crippen LogP contribution in [0, 0.1) is 0 Å². The predicted octanol–water partition coefficient (Wildman–Crippen LogP) is 1.82. The van der Waals surface area contributed by atoms with Crippen molar-refractivity contribution >= 4 is 47.6 Å². The SMILES string of the molecule is O=C(OC[C@@H]1O[C@@H](O[C@H]2O[C@H](COC(=O)c3cc(O)c(O)c(O)c3)[C@@H](OC(=O)c3cc(O)c(O)c(O)c3)[C@H](OC(=O)c3cc(O)c(O)c(O)c3C(=O)c3cc(O)c(O)c(O)c3)[C@H]2O)[C@@H](OC(=O)c2cc(O)c(O)c(O)c2)[C@H](OC(=O)c2cc(O)c(O)c(O)c2)[C@H]1OC(=O)c1cc(O)c(O)c(O)c1)c1cc(O)c(O)c(O)c1. The molecule has 0 aliphatic carbocycles. The average molecular weight is 1560 g/mol. The number of benzene rings is 8. The van der Waals surface area contributed by atoms with E-state index in [0.29, 0.717) is 84.9 Å². The van der Waals surface area contributed by atoms with E-state index in [9.17, 15) is 161 Å². The van der Waals surface area contributed by atoms with Gasteiger partial charge in [-0.2, -0.15) is 0 Å². The van der Waals surface area contributed by atoms with Gasteiger partial charge in [0.05, 0.1) is 44.5 Å². The Morgan fingerprint density at radius 1 is 0.261 bits per heavy atom. The summed E-state index contributed by atoms with van der Waals surface area (Å²) in [5.41, 5.74) is -9.69. The van der Waals surface area contributed by atoms with Gasteiger partial charge in [-0.3, -0.25) is 4.79 Å². The monoisotopic (exact) mass is 1560 g/mol. The van der Waals surface area contributed by atoms with E-state index in [4.69, 9.17) is 47.4 Å². The van der Waals surface area contributed by atoms with Crippen molar-refractivity contribution in [2.24, 2.45) is 0 Å². The number of aliphatic hydroxyl groups excluding tert-OH is 1. The van der Waals surface area contributed by atoms with Crippen molar-refractivity contribution in [2.75, 3.05) is 13.2 Å². The highest BCUT2D eigenvalue weighted by molar-refractivity contribution is 6.17. The lowest BCUT2D eigenvalue weighted by Crippen LogP contribution is -2.66. The second-order valence-corrected chi connectivity index (χ2v) is 23.6. The number of aliphatic hydroxyl groups is 1. The van der Waals surface area contributed by atoms with Gasteiger partial charge in [-0.1, -0.05) is 0 Å². The molecular weight excluding hydrogens is 1500 g/mol. The van der Waals surface area contributed by atoms with E-state index in [-0.39, 0.29) is 6.07 Å². The lowest BCUT2D eigenvalue weighted by Gasteiger charge is -2.47. The van der Waals surface area contributed by atoms with Gasteiger partial charge in [-0.25, -0.2) is 33.6 Å². The Balaban J connectivity index is 1.19. The summed E-state index contributed by atoms with van der Waals surface area (Å²) in [6, 6.07) is 6.21. The van der Waals surface area contributed by atoms with Crippen LogP contribution < -0.4 is 0 Å². The molecule has 43 heteroatoms. The number of carbonyl (C=O) groups excluding carboxylic acids is 8. The van der Waals surface area contributed by atoms with Crippen LogP contribution in [0.15, 0.2) is 91.0 Å². The molecule has 0 unspecified atom stereocenters. The van der Waals surface area contributed by atoms with Gasteiger partial charge in [0.1, 0.15) is 31.5 Å². The number of aromatic hydroxyl groups is 24. The third-order valence-electron chi connectivity index (χ3n) is 16.3. The van der Waals surface area contributed by atoms with Crippen molar-refractivity contribution in [3.8, 4) is 138 Å². The van der Waals surface area contributed by atoms with Crippen LogP contribution in [0.3, 0.4) is 0 Å². The predicted molar refractivity (Wildman–Crippen MR) is 346 cm³/mol. The van der Waals surface area contributed by atoms with Gasteiger partial charge in [0.2, 0.25) is 12.0 Å². The maximum Gasteiger partial charge on any atom is 0.339 e. The molecule has 2 aliphatic heterocycles. The Morgan fingerprint density at radius 2 is 0.505 bits per heavy atom. The van der Waals surface area contributed by atoms with Crippen molar-refractivity contribution in [1.29, 1.82) is 0 Å². The Bertz CT molecular complexity index is 4980. The molecule has 0 bridgehead atoms. The summed E-state index contributed by atoms with van der Waals surface area (Å²) >= 11 is 0. The van der Waals surface area contributed by atoms with E-state index in [1.54, 1.807) is 0 Å². The summed E-state index contributed by atoms with van der Waals surface area (Å²) in [7, 11) is 0. The van der Waals surface area contributed by atoms with E-state index in [0.717, 1.165) is 0 Å². The third-order valence-corrected chi connectivity index (χ3v) is 16.3. The maximum absolute atomic E-state index is 15.1. The lowest BCUT2D eigenvalue weighted by molar-refractivity contribution is -0.373. The first kappa shape index (κ1) is 78.4. The van der Waals surface area contributed by atoms with E-state index < -0.39 is 310 Å². The molecule has 10 atom stereocenters. The van der Waals surface area contributed by atoms with Gasteiger partial charge in [-0.15, -0.1) is 0 Å². The van der Waals surface area contributed by atoms with Crippen molar-refractivity contribution < 1.29 is 213 Å². The molecule has 584 valence electrons. The summed E-state index contributed by atoms with van der Waals surface area (Å²) < 4.78 is 57.9. The largest absolute Gasteiger partial charge is 0.504 e. The van der Waals surface area contributed by atoms with Crippen molar-refractivity contribution in [3.05, 3.63) is 141 Å². The standard InChI is InChI=1S/C68H54O43/c69-26-1-18(2-27(70)45(26)85)44(84)43-25(15-40(83)52(92)53(43)93)66(101)108-57-54(94)67(104-41(16-102-60(95)19-3-28(71)46(86)29(72)4-19)55(57)106-62(97)21-7-32(75)48(88)33(76)8-21)111-68-59(110-65(100)24-13-38(81)51(91)39(82)14-24)58(109-64(99)23-11-36(79)50(90)37(80)12-23)56(107-63(98)22-9-34(77)49(89)35(78)10-22)42(105-68)17-103-61(96)20-5-30(73)47(87)31(74)6-20/h1-15,41-42,54-59,67-83,85-94H,16-17H2/t41-,42+,54-,55-,56+,57-,58-,59+,67-,68+/m1/s1. The van der Waals surface area contributed by atoms with Gasteiger partial charge in [0.25, 0.3) is 0 Å². The molecule has 10 rings (SSSR count). The van der Waals surface area contributed by atoms with Crippen LogP contribution in [0.1, 0.15) is 88.4 Å². The minimum Gasteiger partial charge on any atom is -0.504 e. The molecule has 2 aliphatic rings. The van der Waals surface area contributed by atoms with Crippen LogP contribution in [-0.2, 0) is 47.4 Å². The Morgan fingerprint density at radius 3 is 0.820 bits per heavy atom. The molecule has 25 N–H and O–H groups in total. The summed E-state index contributed by atoms with van der Waals surface area (Å²) in [6.45, 7) is -3.15. The number of carbonyl (C=O) groups is 8. The molecule has 8 aromatic carbocycles. The van der Waals surface area contributed by atoms with Crippen LogP contribution in [0.5, 0.6) is 138 Å². The van der Waals surface area contributed by atoms with Gasteiger partial charge in [-0.05, 0) is 91.0 Å². The molecule has 0 spiro atoms. The zero-order valence-electron chi connectivity index (χ0n) is 54.9. The summed E-state index contributed by atoms with van der Waals surface area (Å²) in [6.07, 6.45) is -28.9. The van der Waals surface area contributed by atoms with Gasteiger partial charge < -0.3 is 175 Å². The van der Waals surface area contributed by atoms with Crippen LogP contribution in [0.4, 0.5) is 0 Å².